The molecule has 0 aliphatic carbocycles. The van der Waals surface area contributed by atoms with Crippen LogP contribution in [-0.2, 0) is 9.59 Å². The third kappa shape index (κ3) is 6.04. The van der Waals surface area contributed by atoms with Gasteiger partial charge in [-0.15, -0.1) is 0 Å². The Bertz CT molecular complexity index is 467. The third-order valence-electron chi connectivity index (χ3n) is 2.42. The summed E-state index contributed by atoms with van der Waals surface area (Å²) in [5.41, 5.74) is 5.53. The quantitative estimate of drug-likeness (QED) is 0.617. The van der Waals surface area contributed by atoms with E-state index in [0.29, 0.717) is 13.0 Å². The van der Waals surface area contributed by atoms with Gasteiger partial charge in [-0.3, -0.25) is 20.4 Å². The van der Waals surface area contributed by atoms with Crippen LogP contribution < -0.4 is 15.6 Å². The third-order valence-corrected chi connectivity index (χ3v) is 2.42. The molecule has 0 saturated heterocycles. The van der Waals surface area contributed by atoms with Gasteiger partial charge in [0.15, 0.2) is 0 Å². The monoisotopic (exact) mass is 276 g/mol. The molecule has 1 rings (SSSR count). The molecule has 0 aliphatic heterocycles. The molecule has 0 unspecified atom stereocenters. The van der Waals surface area contributed by atoms with Crippen molar-refractivity contribution in [1.29, 1.82) is 0 Å². The number of ether oxygens (including phenoxy) is 1. The number of amides is 2. The molecule has 0 radical (unpaired) electrons. The number of hydrogen-bond acceptors (Lipinski definition) is 3. The van der Waals surface area contributed by atoms with Gasteiger partial charge in [0, 0.05) is 12.5 Å². The Labute approximate surface area is 119 Å². The van der Waals surface area contributed by atoms with Crippen LogP contribution in [0.25, 0.3) is 6.08 Å². The first-order chi connectivity index (χ1) is 9.65. The molecule has 0 saturated carbocycles. The minimum absolute atomic E-state index is 0.199. The number of carbonyl (C=O) groups excluding carboxylic acids is 2. The van der Waals surface area contributed by atoms with Crippen molar-refractivity contribution in [3.05, 3.63) is 35.9 Å². The van der Waals surface area contributed by atoms with Gasteiger partial charge in [0.05, 0.1) is 6.61 Å². The maximum absolute atomic E-state index is 11.5. The van der Waals surface area contributed by atoms with Crippen molar-refractivity contribution in [2.75, 3.05) is 6.61 Å². The van der Waals surface area contributed by atoms with Gasteiger partial charge in [0.25, 0.3) is 5.91 Å². The SMILES string of the molecule is CCCC(=O)NNC(=O)/C=C/c1ccc(OCC)cc1. The largest absolute Gasteiger partial charge is 0.494 e. The maximum atomic E-state index is 11.5. The number of hydrogen-bond donors (Lipinski definition) is 2. The summed E-state index contributed by atoms with van der Waals surface area (Å²) < 4.78 is 5.32. The summed E-state index contributed by atoms with van der Waals surface area (Å²) in [7, 11) is 0. The maximum Gasteiger partial charge on any atom is 0.262 e. The van der Waals surface area contributed by atoms with Crippen molar-refractivity contribution in [2.45, 2.75) is 26.7 Å². The molecule has 1 aromatic carbocycles. The molecule has 0 aliphatic rings. The summed E-state index contributed by atoms with van der Waals surface area (Å²) in [4.78, 5) is 22.6. The minimum atomic E-state index is -0.372. The molecular weight excluding hydrogens is 256 g/mol. The van der Waals surface area contributed by atoms with Gasteiger partial charge in [0.2, 0.25) is 5.91 Å². The fourth-order valence-corrected chi connectivity index (χ4v) is 1.48. The Morgan fingerprint density at radius 1 is 1.15 bits per heavy atom. The van der Waals surface area contributed by atoms with Crippen molar-refractivity contribution in [1.82, 2.24) is 10.9 Å². The molecule has 2 N–H and O–H groups in total. The van der Waals surface area contributed by atoms with E-state index in [-0.39, 0.29) is 11.8 Å². The van der Waals surface area contributed by atoms with Gasteiger partial charge in [0.1, 0.15) is 5.75 Å². The van der Waals surface area contributed by atoms with Gasteiger partial charge in [-0.05, 0) is 37.1 Å². The summed E-state index contributed by atoms with van der Waals surface area (Å²) in [5.74, 6) is 0.222. The fraction of sp³-hybridized carbons (Fsp3) is 0.333. The van der Waals surface area contributed by atoms with Gasteiger partial charge < -0.3 is 4.74 Å². The van der Waals surface area contributed by atoms with Crippen LogP contribution in [0.1, 0.15) is 32.3 Å². The van der Waals surface area contributed by atoms with E-state index >= 15 is 0 Å². The smallest absolute Gasteiger partial charge is 0.262 e. The normalized spacial score (nSPS) is 10.3. The second-order valence-corrected chi connectivity index (χ2v) is 4.12. The molecule has 0 aromatic heterocycles. The number of carbonyl (C=O) groups is 2. The van der Waals surface area contributed by atoms with Crippen LogP contribution >= 0.6 is 0 Å². The predicted octanol–water partition coefficient (Wildman–Crippen LogP) is 2.05. The molecule has 20 heavy (non-hydrogen) atoms. The Balaban J connectivity index is 2.42. The van der Waals surface area contributed by atoms with Crippen molar-refractivity contribution >= 4 is 17.9 Å². The van der Waals surface area contributed by atoms with E-state index in [4.69, 9.17) is 4.74 Å². The molecular formula is C15H20N2O3. The van der Waals surface area contributed by atoms with Crippen LogP contribution in [-0.4, -0.2) is 18.4 Å². The highest BCUT2D eigenvalue weighted by molar-refractivity contribution is 5.93. The molecule has 2 amide bonds. The fourth-order valence-electron chi connectivity index (χ4n) is 1.48. The summed E-state index contributed by atoms with van der Waals surface area (Å²) in [6, 6.07) is 7.38. The molecule has 108 valence electrons. The van der Waals surface area contributed by atoms with Gasteiger partial charge in [-0.2, -0.15) is 0 Å². The summed E-state index contributed by atoms with van der Waals surface area (Å²) in [6.45, 7) is 4.44. The number of nitrogens with one attached hydrogen (secondary N) is 2. The molecule has 0 atom stereocenters. The Kier molecular flexibility index (Phi) is 6.89. The number of hydrazine groups is 1. The second-order valence-electron chi connectivity index (χ2n) is 4.12. The lowest BCUT2D eigenvalue weighted by molar-refractivity contribution is -0.126. The molecule has 0 heterocycles. The van der Waals surface area contributed by atoms with Crippen LogP contribution in [0.15, 0.2) is 30.3 Å². The lowest BCUT2D eigenvalue weighted by Gasteiger charge is -2.04. The average Bonchev–Trinajstić information content (AvgIpc) is 2.45. The van der Waals surface area contributed by atoms with Crippen molar-refractivity contribution < 1.29 is 14.3 Å². The highest BCUT2D eigenvalue weighted by Gasteiger charge is 2.00. The first-order valence-electron chi connectivity index (χ1n) is 6.65. The zero-order valence-electron chi connectivity index (χ0n) is 11.8. The van der Waals surface area contributed by atoms with E-state index in [0.717, 1.165) is 17.7 Å². The summed E-state index contributed by atoms with van der Waals surface area (Å²) in [6.07, 6.45) is 4.16. The van der Waals surface area contributed by atoms with Crippen LogP contribution in [0.4, 0.5) is 0 Å². The topological polar surface area (TPSA) is 67.4 Å². The molecule has 0 fully saturated rings. The van der Waals surface area contributed by atoms with Crippen LogP contribution in [0.5, 0.6) is 5.75 Å². The number of benzene rings is 1. The van der Waals surface area contributed by atoms with Gasteiger partial charge in [-0.25, -0.2) is 0 Å². The van der Waals surface area contributed by atoms with E-state index in [1.807, 2.05) is 38.1 Å². The molecule has 5 nitrogen and oxygen atoms in total. The first kappa shape index (κ1) is 15.8. The van der Waals surface area contributed by atoms with E-state index in [1.165, 1.54) is 6.08 Å². The van der Waals surface area contributed by atoms with Crippen molar-refractivity contribution in [3.8, 4) is 5.75 Å². The molecule has 0 bridgehead atoms. The Morgan fingerprint density at radius 2 is 1.85 bits per heavy atom. The van der Waals surface area contributed by atoms with Crippen molar-refractivity contribution in [2.24, 2.45) is 0 Å². The van der Waals surface area contributed by atoms with Crippen LogP contribution in [0, 0.1) is 0 Å². The van der Waals surface area contributed by atoms with Gasteiger partial charge >= 0.3 is 0 Å². The van der Waals surface area contributed by atoms with Crippen LogP contribution in [0.3, 0.4) is 0 Å². The lowest BCUT2D eigenvalue weighted by atomic mass is 10.2. The zero-order chi connectivity index (χ0) is 14.8. The number of rotatable bonds is 6. The molecule has 1 aromatic rings. The van der Waals surface area contributed by atoms with E-state index < -0.39 is 0 Å². The van der Waals surface area contributed by atoms with E-state index in [2.05, 4.69) is 10.9 Å². The molecule has 5 heteroatoms. The van der Waals surface area contributed by atoms with E-state index in [9.17, 15) is 9.59 Å². The highest BCUT2D eigenvalue weighted by Crippen LogP contribution is 2.12. The van der Waals surface area contributed by atoms with Crippen LogP contribution in [0.2, 0.25) is 0 Å². The zero-order valence-corrected chi connectivity index (χ0v) is 11.8. The second kappa shape index (κ2) is 8.74. The van der Waals surface area contributed by atoms with Crippen molar-refractivity contribution in [3.63, 3.8) is 0 Å². The highest BCUT2D eigenvalue weighted by atomic mass is 16.5. The lowest BCUT2D eigenvalue weighted by Crippen LogP contribution is -2.40. The Hall–Kier alpha value is -2.30. The summed E-state index contributed by atoms with van der Waals surface area (Å²) in [5, 5.41) is 0. The average molecular weight is 276 g/mol. The molecule has 0 spiro atoms. The first-order valence-corrected chi connectivity index (χ1v) is 6.65. The predicted molar refractivity (Wildman–Crippen MR) is 77.8 cm³/mol. The van der Waals surface area contributed by atoms with E-state index in [1.54, 1.807) is 6.08 Å². The van der Waals surface area contributed by atoms with Gasteiger partial charge in [-0.1, -0.05) is 19.1 Å². The summed E-state index contributed by atoms with van der Waals surface area (Å²) >= 11 is 0. The minimum Gasteiger partial charge on any atom is -0.494 e. The Morgan fingerprint density at radius 3 is 2.45 bits per heavy atom. The standard InChI is InChI=1S/C15H20N2O3/c1-3-5-14(18)16-17-15(19)11-8-12-6-9-13(10-7-12)20-4-2/h6-11H,3-5H2,1-2H3,(H,16,18)(H,17,19)/b11-8+.